The lowest BCUT2D eigenvalue weighted by Crippen LogP contribution is -2.27. The van der Waals surface area contributed by atoms with Crippen molar-refractivity contribution < 1.29 is 48.8 Å². The number of anilines is 1. The van der Waals surface area contributed by atoms with Crippen LogP contribution < -0.4 is 5.32 Å². The number of carbonyl (C=O) groups is 2. The molecule has 0 aliphatic heterocycles. The summed E-state index contributed by atoms with van der Waals surface area (Å²) in [5.41, 5.74) is 4.35. The molecule has 0 bridgehead atoms. The molecule has 0 aliphatic rings. The molecule has 0 saturated heterocycles. The highest BCUT2D eigenvalue weighted by Crippen LogP contribution is 2.42. The van der Waals surface area contributed by atoms with Crippen LogP contribution in [0.5, 0.6) is 0 Å². The summed E-state index contributed by atoms with van der Waals surface area (Å²) in [5, 5.41) is 43.4. The van der Waals surface area contributed by atoms with Gasteiger partial charge in [0.25, 0.3) is 16.1 Å². The van der Waals surface area contributed by atoms with Gasteiger partial charge in [0.1, 0.15) is 18.5 Å². The minimum absolute atomic E-state index is 0.0963. The van der Waals surface area contributed by atoms with Gasteiger partial charge in [0.2, 0.25) is 0 Å². The molecule has 3 N–H and O–H groups in total. The fraction of sp³-hybridized carbons (Fsp3) is 0.351. The number of aromatic nitrogens is 1. The first-order valence-corrected chi connectivity index (χ1v) is 16.9. The molecule has 1 heterocycles. The predicted octanol–water partition coefficient (Wildman–Crippen LogP) is 5.95. The number of aliphatic hydroxyl groups is 2. The molecule has 3 aromatic carbocycles. The fourth-order valence-electron chi connectivity index (χ4n) is 5.99. The molecule has 15 nitrogen and oxygen atoms in total. The molecular weight excluding hydrogens is 695 g/mol. The SMILES string of the molecule is CC(C)c1c(C(=O)Nc2ccccc2)c(-c2ccccc2)c(-c2ccc(F)cc2)n1CC[C@@H](O)C[C@@H](O)CC(=O)OCCC(CO[N+](=O)[O-])O[N+](=O)[O-]. The van der Waals surface area contributed by atoms with Crippen molar-refractivity contribution in [2.24, 2.45) is 0 Å². The van der Waals surface area contributed by atoms with Crippen LogP contribution in [0.1, 0.15) is 61.5 Å². The smallest absolute Gasteiger partial charge is 0.308 e. The predicted molar refractivity (Wildman–Crippen MR) is 190 cm³/mol. The van der Waals surface area contributed by atoms with E-state index in [-0.39, 0.29) is 37.6 Å². The zero-order chi connectivity index (χ0) is 38.5. The number of amides is 1. The number of halogens is 1. The molecule has 0 spiro atoms. The van der Waals surface area contributed by atoms with Crippen LogP contribution in [-0.4, -0.2) is 68.4 Å². The first-order valence-electron chi connectivity index (χ1n) is 16.9. The number of esters is 1. The van der Waals surface area contributed by atoms with Crippen molar-refractivity contribution in [2.45, 2.75) is 70.3 Å². The number of nitrogens with one attached hydrogen (secondary N) is 1. The van der Waals surface area contributed by atoms with Gasteiger partial charge in [0.15, 0.2) is 0 Å². The minimum Gasteiger partial charge on any atom is -0.466 e. The van der Waals surface area contributed by atoms with E-state index in [4.69, 9.17) is 4.74 Å². The second-order valence-electron chi connectivity index (χ2n) is 12.5. The van der Waals surface area contributed by atoms with Gasteiger partial charge in [0, 0.05) is 29.9 Å². The third-order valence-electron chi connectivity index (χ3n) is 8.23. The van der Waals surface area contributed by atoms with E-state index in [1.54, 1.807) is 24.3 Å². The summed E-state index contributed by atoms with van der Waals surface area (Å²) in [6, 6.07) is 24.3. The summed E-state index contributed by atoms with van der Waals surface area (Å²) in [6.45, 7) is 2.91. The lowest BCUT2D eigenvalue weighted by Gasteiger charge is -2.20. The van der Waals surface area contributed by atoms with E-state index >= 15 is 0 Å². The molecule has 0 radical (unpaired) electrons. The molecule has 1 aromatic heterocycles. The standard InChI is InChI=1S/C37H41FN4O11/c1-24(2)35-34(37(46)39-28-11-7-4-8-12-28)33(25-9-5-3-6-10-25)36(26-13-15-27(38)16-14-26)40(35)19-17-29(43)21-30(44)22-32(45)51-20-18-31(53-42(49)50)23-52-41(47)48/h3-16,24,29-31,43-44H,17-23H2,1-2H3,(H,39,46)/t29-,30-,31?/m1/s1. The molecule has 53 heavy (non-hydrogen) atoms. The van der Waals surface area contributed by atoms with Crippen molar-refractivity contribution in [1.82, 2.24) is 4.57 Å². The summed E-state index contributed by atoms with van der Waals surface area (Å²) in [7, 11) is 0. The van der Waals surface area contributed by atoms with Gasteiger partial charge in [-0.2, -0.15) is 0 Å². The largest absolute Gasteiger partial charge is 0.466 e. The Bertz CT molecular complexity index is 1840. The number of benzene rings is 3. The zero-order valence-corrected chi connectivity index (χ0v) is 29.1. The number of ether oxygens (including phenoxy) is 1. The summed E-state index contributed by atoms with van der Waals surface area (Å²) in [4.78, 5) is 56.0. The van der Waals surface area contributed by atoms with Crippen LogP contribution in [0, 0.1) is 26.0 Å². The Morgan fingerprint density at radius 1 is 0.868 bits per heavy atom. The number of hydrogen-bond acceptors (Lipinski definition) is 11. The number of rotatable bonds is 20. The molecule has 16 heteroatoms. The highest BCUT2D eigenvalue weighted by atomic mass is 19.1. The van der Waals surface area contributed by atoms with Crippen LogP contribution in [0.3, 0.4) is 0 Å². The van der Waals surface area contributed by atoms with Gasteiger partial charge in [0.05, 0.1) is 36.5 Å². The summed E-state index contributed by atoms with van der Waals surface area (Å²) in [5.74, 6) is -1.85. The average Bonchev–Trinajstić information content (AvgIpc) is 3.46. The second-order valence-corrected chi connectivity index (χ2v) is 12.5. The first-order chi connectivity index (χ1) is 25.3. The Morgan fingerprint density at radius 2 is 1.51 bits per heavy atom. The van der Waals surface area contributed by atoms with E-state index in [9.17, 15) is 44.4 Å². The van der Waals surface area contributed by atoms with E-state index < -0.39 is 59.9 Å². The zero-order valence-electron chi connectivity index (χ0n) is 29.1. The van der Waals surface area contributed by atoms with Crippen LogP contribution >= 0.6 is 0 Å². The lowest BCUT2D eigenvalue weighted by atomic mass is 9.94. The highest BCUT2D eigenvalue weighted by molar-refractivity contribution is 6.12. The van der Waals surface area contributed by atoms with Crippen molar-refractivity contribution >= 4 is 17.6 Å². The van der Waals surface area contributed by atoms with Gasteiger partial charge in [-0.05, 0) is 66.3 Å². The molecule has 0 aliphatic carbocycles. The second kappa shape index (κ2) is 19.1. The number of aliphatic hydroxyl groups excluding tert-OH is 2. The quantitative estimate of drug-likeness (QED) is 0.0549. The molecule has 282 valence electrons. The van der Waals surface area contributed by atoms with Crippen LogP contribution in [-0.2, 0) is 25.8 Å². The fourth-order valence-corrected chi connectivity index (χ4v) is 5.99. The molecule has 4 aromatic rings. The summed E-state index contributed by atoms with van der Waals surface area (Å²) >= 11 is 0. The van der Waals surface area contributed by atoms with Gasteiger partial charge < -0.3 is 34.5 Å². The van der Waals surface area contributed by atoms with Crippen molar-refractivity contribution in [3.05, 3.63) is 122 Å². The van der Waals surface area contributed by atoms with E-state index in [1.165, 1.54) is 12.1 Å². The average molecular weight is 737 g/mol. The van der Waals surface area contributed by atoms with E-state index in [0.717, 1.165) is 5.56 Å². The Balaban J connectivity index is 1.56. The maximum atomic E-state index is 14.2. The normalized spacial score (nSPS) is 12.8. The van der Waals surface area contributed by atoms with Gasteiger partial charge in [-0.15, -0.1) is 20.2 Å². The maximum absolute atomic E-state index is 14.2. The highest BCUT2D eigenvalue weighted by Gasteiger charge is 2.31. The number of para-hydroxylation sites is 1. The van der Waals surface area contributed by atoms with E-state index in [2.05, 4.69) is 15.0 Å². The molecule has 1 unspecified atom stereocenters. The molecule has 1 amide bonds. The van der Waals surface area contributed by atoms with Gasteiger partial charge in [-0.25, -0.2) is 4.39 Å². The van der Waals surface area contributed by atoms with Crippen LogP contribution in [0.2, 0.25) is 0 Å². The minimum atomic E-state index is -1.37. The molecule has 3 atom stereocenters. The molecule has 0 saturated carbocycles. The Labute approximate surface area is 304 Å². The van der Waals surface area contributed by atoms with Crippen molar-refractivity contribution in [2.75, 3.05) is 18.5 Å². The molecule has 4 rings (SSSR count). The Kier molecular flexibility index (Phi) is 14.4. The number of hydrogen-bond donors (Lipinski definition) is 3. The summed E-state index contributed by atoms with van der Waals surface area (Å²) in [6.07, 6.45) is -4.71. The molecule has 0 fully saturated rings. The van der Waals surface area contributed by atoms with E-state index in [0.29, 0.717) is 33.8 Å². The van der Waals surface area contributed by atoms with Crippen LogP contribution in [0.4, 0.5) is 10.1 Å². The van der Waals surface area contributed by atoms with Crippen LogP contribution in [0.15, 0.2) is 84.9 Å². The van der Waals surface area contributed by atoms with Crippen LogP contribution in [0.25, 0.3) is 22.4 Å². The number of carbonyl (C=O) groups excluding carboxylic acids is 2. The van der Waals surface area contributed by atoms with Gasteiger partial charge >= 0.3 is 5.97 Å². The van der Waals surface area contributed by atoms with Gasteiger partial charge in [-0.3, -0.25) is 9.59 Å². The van der Waals surface area contributed by atoms with Crippen molar-refractivity contribution in [1.29, 1.82) is 0 Å². The Morgan fingerprint density at radius 3 is 2.11 bits per heavy atom. The lowest BCUT2D eigenvalue weighted by molar-refractivity contribution is -0.790. The van der Waals surface area contributed by atoms with E-state index in [1.807, 2.05) is 66.9 Å². The van der Waals surface area contributed by atoms with Gasteiger partial charge in [-0.1, -0.05) is 62.4 Å². The monoisotopic (exact) mass is 736 g/mol. The third kappa shape index (κ3) is 11.6. The summed E-state index contributed by atoms with van der Waals surface area (Å²) < 4.78 is 21.1. The maximum Gasteiger partial charge on any atom is 0.308 e. The van der Waals surface area contributed by atoms with Crippen molar-refractivity contribution in [3.63, 3.8) is 0 Å². The topological polar surface area (TPSA) is 206 Å². The molecular formula is C37H41FN4O11. The van der Waals surface area contributed by atoms with Crippen molar-refractivity contribution in [3.8, 4) is 22.4 Å². The third-order valence-corrected chi connectivity index (χ3v) is 8.23. The Hall–Kier alpha value is -5.87. The first kappa shape index (κ1) is 39.9. The number of nitrogens with zero attached hydrogens (tertiary/aromatic N) is 3.